The van der Waals surface area contributed by atoms with E-state index < -0.39 is 36.2 Å². The first-order chi connectivity index (χ1) is 19.7. The SMILES string of the molecule is CCCCCC(=O)Oc1ccc(C[C@H](NCC(C)OC(=O)OC2CCCCC2)C(=O)O)cc1OC(=O)CCCCC. The summed E-state index contributed by atoms with van der Waals surface area (Å²) >= 11 is 0. The monoisotopic (exact) mass is 577 g/mol. The second-order valence-corrected chi connectivity index (χ2v) is 10.7. The van der Waals surface area contributed by atoms with Gasteiger partial charge >= 0.3 is 24.1 Å². The summed E-state index contributed by atoms with van der Waals surface area (Å²) in [7, 11) is 0. The highest BCUT2D eigenvalue weighted by molar-refractivity contribution is 5.77. The second-order valence-electron chi connectivity index (χ2n) is 10.7. The maximum absolute atomic E-state index is 12.4. The summed E-state index contributed by atoms with van der Waals surface area (Å²) in [6, 6.07) is 3.69. The van der Waals surface area contributed by atoms with Crippen LogP contribution in [-0.2, 0) is 30.3 Å². The van der Waals surface area contributed by atoms with Gasteiger partial charge in [0.1, 0.15) is 18.2 Å². The number of aliphatic carboxylic acids is 1. The lowest BCUT2D eigenvalue weighted by atomic mass is 9.98. The predicted octanol–water partition coefficient (Wildman–Crippen LogP) is 6.12. The fraction of sp³-hybridized carbons (Fsp3) is 0.677. The van der Waals surface area contributed by atoms with E-state index in [9.17, 15) is 24.3 Å². The summed E-state index contributed by atoms with van der Waals surface area (Å²) in [5.74, 6) is -1.75. The molecule has 0 heterocycles. The minimum absolute atomic E-state index is 0.0552. The van der Waals surface area contributed by atoms with Gasteiger partial charge in [-0.05, 0) is 69.6 Å². The third-order valence-corrected chi connectivity index (χ3v) is 6.93. The maximum Gasteiger partial charge on any atom is 0.508 e. The van der Waals surface area contributed by atoms with Crippen molar-refractivity contribution in [3.05, 3.63) is 23.8 Å². The van der Waals surface area contributed by atoms with Gasteiger partial charge in [-0.3, -0.25) is 14.4 Å². The Kier molecular flexibility index (Phi) is 15.8. The lowest BCUT2D eigenvalue weighted by molar-refractivity contribution is -0.139. The standard InChI is InChI=1S/C31H47NO9/c1-4-6-9-15-28(33)40-26-18-17-23(20-27(26)41-29(34)16-10-7-5-2)19-25(30(35)36)32-21-22(3)38-31(37)39-24-13-11-8-12-14-24/h17-18,20,22,24-25,32H,4-16,19,21H2,1-3H3,(H,35,36)/t22?,25-/m0/s1. The van der Waals surface area contributed by atoms with Crippen LogP contribution < -0.4 is 14.8 Å². The summed E-state index contributed by atoms with van der Waals surface area (Å²) in [4.78, 5) is 48.9. The Bertz CT molecular complexity index is 974. The highest BCUT2D eigenvalue weighted by Crippen LogP contribution is 2.30. The molecule has 0 aliphatic heterocycles. The molecule has 1 aromatic carbocycles. The van der Waals surface area contributed by atoms with Crippen LogP contribution in [0.5, 0.6) is 11.5 Å². The third kappa shape index (κ3) is 13.9. The first-order valence-electron chi connectivity index (χ1n) is 15.1. The molecule has 0 bridgehead atoms. The van der Waals surface area contributed by atoms with E-state index in [0.29, 0.717) is 18.4 Å². The molecule has 1 aromatic rings. The fourth-order valence-corrected chi connectivity index (χ4v) is 4.57. The van der Waals surface area contributed by atoms with Crippen LogP contribution in [0.4, 0.5) is 4.79 Å². The highest BCUT2D eigenvalue weighted by Gasteiger charge is 2.23. The van der Waals surface area contributed by atoms with E-state index in [-0.39, 0.29) is 43.4 Å². The molecule has 0 aromatic heterocycles. The molecule has 0 spiro atoms. The number of hydrogen-bond acceptors (Lipinski definition) is 9. The molecule has 10 nitrogen and oxygen atoms in total. The van der Waals surface area contributed by atoms with E-state index in [4.69, 9.17) is 18.9 Å². The molecule has 41 heavy (non-hydrogen) atoms. The van der Waals surface area contributed by atoms with Gasteiger partial charge in [-0.25, -0.2) is 4.79 Å². The molecule has 2 N–H and O–H groups in total. The number of carboxylic acid groups (broad SMARTS) is 1. The Hall–Kier alpha value is -3.14. The summed E-state index contributed by atoms with van der Waals surface area (Å²) in [6.45, 7) is 5.84. The number of nitrogens with one attached hydrogen (secondary N) is 1. The van der Waals surface area contributed by atoms with Crippen molar-refractivity contribution in [1.82, 2.24) is 5.32 Å². The fourth-order valence-electron chi connectivity index (χ4n) is 4.57. The minimum Gasteiger partial charge on any atom is -0.480 e. The van der Waals surface area contributed by atoms with Gasteiger partial charge < -0.3 is 29.4 Å². The molecule has 10 heteroatoms. The molecular formula is C31H47NO9. The van der Waals surface area contributed by atoms with Crippen molar-refractivity contribution in [3.8, 4) is 11.5 Å². The third-order valence-electron chi connectivity index (χ3n) is 6.93. The van der Waals surface area contributed by atoms with Gasteiger partial charge in [0.15, 0.2) is 11.5 Å². The van der Waals surface area contributed by atoms with Gasteiger partial charge in [0.25, 0.3) is 0 Å². The number of benzene rings is 1. The largest absolute Gasteiger partial charge is 0.508 e. The Labute approximate surface area is 243 Å². The van der Waals surface area contributed by atoms with E-state index >= 15 is 0 Å². The normalized spacial score (nSPS) is 15.0. The van der Waals surface area contributed by atoms with Gasteiger partial charge in [0.05, 0.1) is 0 Å². The minimum atomic E-state index is -1.09. The molecule has 1 unspecified atom stereocenters. The van der Waals surface area contributed by atoms with Crippen LogP contribution in [0.25, 0.3) is 0 Å². The molecule has 1 aliphatic carbocycles. The van der Waals surface area contributed by atoms with E-state index in [2.05, 4.69) is 5.32 Å². The molecular weight excluding hydrogens is 530 g/mol. The van der Waals surface area contributed by atoms with Crippen molar-refractivity contribution in [2.75, 3.05) is 6.54 Å². The quantitative estimate of drug-likeness (QED) is 0.119. The lowest BCUT2D eigenvalue weighted by Gasteiger charge is -2.23. The average molecular weight is 578 g/mol. The van der Waals surface area contributed by atoms with E-state index in [0.717, 1.165) is 57.8 Å². The number of carbonyl (C=O) groups excluding carboxylic acids is 3. The highest BCUT2D eigenvalue weighted by atomic mass is 16.7. The summed E-state index contributed by atoms with van der Waals surface area (Å²) in [5.41, 5.74) is 0.567. The van der Waals surface area contributed by atoms with Gasteiger partial charge in [-0.2, -0.15) is 0 Å². The van der Waals surface area contributed by atoms with Crippen LogP contribution in [0.2, 0.25) is 0 Å². The van der Waals surface area contributed by atoms with Crippen molar-refractivity contribution >= 4 is 24.1 Å². The van der Waals surface area contributed by atoms with Crippen molar-refractivity contribution in [3.63, 3.8) is 0 Å². The van der Waals surface area contributed by atoms with Crippen LogP contribution in [-0.4, -0.2) is 54.0 Å². The number of ether oxygens (including phenoxy) is 4. The van der Waals surface area contributed by atoms with Gasteiger partial charge in [-0.15, -0.1) is 0 Å². The summed E-state index contributed by atoms with van der Waals surface area (Å²) in [6.07, 6.45) is 9.00. The number of carboxylic acids is 1. The Balaban J connectivity index is 2.02. The number of carbonyl (C=O) groups is 4. The molecule has 0 radical (unpaired) electrons. The van der Waals surface area contributed by atoms with E-state index in [1.165, 1.54) is 12.1 Å². The molecule has 0 saturated heterocycles. The Morgan fingerprint density at radius 2 is 1.51 bits per heavy atom. The molecule has 1 aliphatic rings. The van der Waals surface area contributed by atoms with Crippen LogP contribution in [0.1, 0.15) is 110 Å². The van der Waals surface area contributed by atoms with Crippen molar-refractivity contribution in [1.29, 1.82) is 0 Å². The smallest absolute Gasteiger partial charge is 0.480 e. The van der Waals surface area contributed by atoms with Crippen molar-refractivity contribution < 1.29 is 43.2 Å². The molecule has 0 amide bonds. The van der Waals surface area contributed by atoms with Crippen LogP contribution in [0.3, 0.4) is 0 Å². The Morgan fingerprint density at radius 1 is 0.902 bits per heavy atom. The van der Waals surface area contributed by atoms with Crippen molar-refractivity contribution in [2.24, 2.45) is 0 Å². The predicted molar refractivity (Wildman–Crippen MR) is 153 cm³/mol. The summed E-state index contributed by atoms with van der Waals surface area (Å²) < 4.78 is 21.7. The zero-order valence-electron chi connectivity index (χ0n) is 24.8. The second kappa shape index (κ2) is 19.1. The van der Waals surface area contributed by atoms with Crippen molar-refractivity contribution in [2.45, 2.75) is 129 Å². The number of hydrogen-bond donors (Lipinski definition) is 2. The van der Waals surface area contributed by atoms with Gasteiger partial charge in [-0.1, -0.05) is 52.0 Å². The Morgan fingerprint density at radius 3 is 2.10 bits per heavy atom. The van der Waals surface area contributed by atoms with Crippen LogP contribution in [0, 0.1) is 0 Å². The lowest BCUT2D eigenvalue weighted by Crippen LogP contribution is -2.43. The zero-order valence-corrected chi connectivity index (χ0v) is 24.8. The molecule has 2 atom stereocenters. The summed E-state index contributed by atoms with van der Waals surface area (Å²) in [5, 5.41) is 12.7. The molecule has 1 fully saturated rings. The average Bonchev–Trinajstić information content (AvgIpc) is 2.93. The topological polar surface area (TPSA) is 137 Å². The van der Waals surface area contributed by atoms with Crippen LogP contribution in [0.15, 0.2) is 18.2 Å². The van der Waals surface area contributed by atoms with Crippen LogP contribution >= 0.6 is 0 Å². The first-order valence-corrected chi connectivity index (χ1v) is 15.1. The zero-order chi connectivity index (χ0) is 30.0. The van der Waals surface area contributed by atoms with E-state index in [1.54, 1.807) is 13.0 Å². The van der Waals surface area contributed by atoms with Gasteiger partial charge in [0.2, 0.25) is 0 Å². The number of esters is 2. The number of rotatable bonds is 18. The molecule has 2 rings (SSSR count). The van der Waals surface area contributed by atoms with Gasteiger partial charge in [0, 0.05) is 19.4 Å². The maximum atomic E-state index is 12.4. The first kappa shape index (κ1) is 34.1. The van der Waals surface area contributed by atoms with E-state index in [1.807, 2.05) is 13.8 Å². The molecule has 230 valence electrons. The number of unbranched alkanes of at least 4 members (excludes halogenated alkanes) is 4. The molecule has 1 saturated carbocycles.